The average molecular weight is 297 g/mol. The minimum Gasteiger partial charge on any atom is -0.481 e. The molecule has 2 rings (SSSR count). The van der Waals surface area contributed by atoms with Crippen LogP contribution < -0.4 is 0 Å². The molecule has 0 radical (unpaired) electrons. The summed E-state index contributed by atoms with van der Waals surface area (Å²) in [6, 6.07) is 0.449. The molecule has 0 aromatic carbocycles. The lowest BCUT2D eigenvalue weighted by Gasteiger charge is -2.20. The lowest BCUT2D eigenvalue weighted by molar-refractivity contribution is -0.133. The Balaban J connectivity index is 2.20. The highest BCUT2D eigenvalue weighted by Crippen LogP contribution is 2.32. The molecule has 5 nitrogen and oxygen atoms in total. The number of carboxylic acid groups (broad SMARTS) is 1. The molecule has 1 N–H and O–H groups in total. The second kappa shape index (κ2) is 7.67. The molecule has 1 aliphatic rings. The van der Waals surface area contributed by atoms with E-state index in [0.29, 0.717) is 6.04 Å². The Hall–Kier alpha value is -1.04. The molecular weight excluding hydrogens is 274 g/mol. The van der Waals surface area contributed by atoms with Crippen molar-refractivity contribution in [1.82, 2.24) is 14.8 Å². The van der Waals surface area contributed by atoms with Gasteiger partial charge in [0.05, 0.1) is 5.75 Å². The molecule has 0 amide bonds. The molecule has 1 heterocycles. The van der Waals surface area contributed by atoms with E-state index in [9.17, 15) is 4.79 Å². The topological polar surface area (TPSA) is 68.0 Å². The SMILES string of the molecule is CCCc1nnc(SCC(=O)O)n1C1CCCCCC1. The van der Waals surface area contributed by atoms with Gasteiger partial charge in [-0.05, 0) is 19.3 Å². The molecule has 112 valence electrons. The van der Waals surface area contributed by atoms with Crippen LogP contribution in [0.3, 0.4) is 0 Å². The third kappa shape index (κ3) is 3.98. The van der Waals surface area contributed by atoms with Crippen molar-refractivity contribution in [3.05, 3.63) is 5.82 Å². The molecule has 0 unspecified atom stereocenters. The van der Waals surface area contributed by atoms with Gasteiger partial charge in [0.15, 0.2) is 5.16 Å². The van der Waals surface area contributed by atoms with Gasteiger partial charge in [0.2, 0.25) is 0 Å². The summed E-state index contributed by atoms with van der Waals surface area (Å²) in [6.45, 7) is 2.14. The maximum atomic E-state index is 10.8. The Morgan fingerprint density at radius 1 is 1.30 bits per heavy atom. The molecule has 20 heavy (non-hydrogen) atoms. The molecule has 1 aromatic rings. The van der Waals surface area contributed by atoms with Crippen LogP contribution in [0.15, 0.2) is 5.16 Å². The Morgan fingerprint density at radius 2 is 2.00 bits per heavy atom. The number of nitrogens with zero attached hydrogens (tertiary/aromatic N) is 3. The highest BCUT2D eigenvalue weighted by atomic mass is 32.2. The minimum atomic E-state index is -0.803. The van der Waals surface area contributed by atoms with E-state index < -0.39 is 5.97 Å². The van der Waals surface area contributed by atoms with Crippen molar-refractivity contribution >= 4 is 17.7 Å². The van der Waals surface area contributed by atoms with Gasteiger partial charge in [-0.15, -0.1) is 10.2 Å². The van der Waals surface area contributed by atoms with Crippen molar-refractivity contribution in [2.45, 2.75) is 69.5 Å². The van der Waals surface area contributed by atoms with Crippen LogP contribution in [0.2, 0.25) is 0 Å². The number of carbonyl (C=O) groups is 1. The lowest BCUT2D eigenvalue weighted by atomic mass is 10.1. The molecular formula is C14H23N3O2S. The van der Waals surface area contributed by atoms with E-state index in [2.05, 4.69) is 21.7 Å². The van der Waals surface area contributed by atoms with Gasteiger partial charge in [-0.25, -0.2) is 0 Å². The number of rotatable bonds is 6. The molecule has 1 saturated carbocycles. The first kappa shape index (κ1) is 15.4. The summed E-state index contributed by atoms with van der Waals surface area (Å²) >= 11 is 1.29. The first-order valence-corrected chi connectivity index (χ1v) is 8.49. The highest BCUT2D eigenvalue weighted by Gasteiger charge is 2.22. The summed E-state index contributed by atoms with van der Waals surface area (Å²) in [4.78, 5) is 10.8. The average Bonchev–Trinajstić information content (AvgIpc) is 2.63. The first-order chi connectivity index (χ1) is 9.72. The van der Waals surface area contributed by atoms with Crippen molar-refractivity contribution in [1.29, 1.82) is 0 Å². The molecule has 0 spiro atoms. The second-order valence-electron chi connectivity index (χ2n) is 5.35. The maximum absolute atomic E-state index is 10.8. The summed E-state index contributed by atoms with van der Waals surface area (Å²) in [5.74, 6) is 0.270. The van der Waals surface area contributed by atoms with Crippen LogP contribution in [0, 0.1) is 0 Å². The van der Waals surface area contributed by atoms with Gasteiger partial charge in [0, 0.05) is 12.5 Å². The lowest BCUT2D eigenvalue weighted by Crippen LogP contribution is -2.14. The predicted molar refractivity (Wildman–Crippen MR) is 79.1 cm³/mol. The van der Waals surface area contributed by atoms with E-state index in [1.54, 1.807) is 0 Å². The normalized spacial score (nSPS) is 17.1. The number of thioether (sulfide) groups is 1. The van der Waals surface area contributed by atoms with Crippen LogP contribution in [0.4, 0.5) is 0 Å². The fraction of sp³-hybridized carbons (Fsp3) is 0.786. The Bertz CT molecular complexity index is 440. The van der Waals surface area contributed by atoms with Crippen molar-refractivity contribution in [3.63, 3.8) is 0 Å². The molecule has 0 aliphatic heterocycles. The fourth-order valence-electron chi connectivity index (χ4n) is 2.81. The van der Waals surface area contributed by atoms with Gasteiger partial charge in [0.25, 0.3) is 0 Å². The Morgan fingerprint density at radius 3 is 2.60 bits per heavy atom. The minimum absolute atomic E-state index is 0.0526. The zero-order valence-electron chi connectivity index (χ0n) is 12.0. The summed E-state index contributed by atoms with van der Waals surface area (Å²) < 4.78 is 2.22. The molecule has 0 bridgehead atoms. The smallest absolute Gasteiger partial charge is 0.313 e. The van der Waals surface area contributed by atoms with E-state index in [-0.39, 0.29) is 5.75 Å². The fourth-order valence-corrected chi connectivity index (χ4v) is 3.55. The van der Waals surface area contributed by atoms with Crippen LogP contribution in [-0.4, -0.2) is 31.6 Å². The van der Waals surface area contributed by atoms with Crippen LogP contribution in [-0.2, 0) is 11.2 Å². The summed E-state index contributed by atoms with van der Waals surface area (Å²) in [5.41, 5.74) is 0. The van der Waals surface area contributed by atoms with Gasteiger partial charge in [-0.2, -0.15) is 0 Å². The van der Waals surface area contributed by atoms with E-state index >= 15 is 0 Å². The molecule has 1 aliphatic carbocycles. The summed E-state index contributed by atoms with van der Waals surface area (Å²) in [7, 11) is 0. The third-order valence-electron chi connectivity index (χ3n) is 3.72. The number of hydrogen-bond acceptors (Lipinski definition) is 4. The molecule has 6 heteroatoms. The van der Waals surface area contributed by atoms with Crippen molar-refractivity contribution in [2.75, 3.05) is 5.75 Å². The van der Waals surface area contributed by atoms with Crippen molar-refractivity contribution < 1.29 is 9.90 Å². The molecule has 1 fully saturated rings. The van der Waals surface area contributed by atoms with Gasteiger partial charge in [0.1, 0.15) is 5.82 Å². The highest BCUT2D eigenvalue weighted by molar-refractivity contribution is 7.99. The predicted octanol–water partition coefficient (Wildman–Crippen LogP) is 3.30. The Labute approximate surface area is 124 Å². The van der Waals surface area contributed by atoms with Crippen LogP contribution in [0.1, 0.15) is 63.7 Å². The van der Waals surface area contributed by atoms with Gasteiger partial charge >= 0.3 is 5.97 Å². The zero-order chi connectivity index (χ0) is 14.4. The van der Waals surface area contributed by atoms with Crippen molar-refractivity contribution in [3.8, 4) is 0 Å². The monoisotopic (exact) mass is 297 g/mol. The summed E-state index contributed by atoms with van der Waals surface area (Å²) in [6.07, 6.45) is 9.38. The standard InChI is InChI=1S/C14H23N3O2S/c1-2-7-12-15-16-14(20-10-13(18)19)17(12)11-8-5-3-4-6-9-11/h11H,2-10H2,1H3,(H,18,19). The quantitative estimate of drug-likeness (QED) is 0.644. The number of aromatic nitrogens is 3. The van der Waals surface area contributed by atoms with Gasteiger partial charge < -0.3 is 9.67 Å². The summed E-state index contributed by atoms with van der Waals surface area (Å²) in [5, 5.41) is 18.1. The first-order valence-electron chi connectivity index (χ1n) is 7.50. The van der Waals surface area contributed by atoms with Crippen LogP contribution in [0.25, 0.3) is 0 Å². The molecule has 1 aromatic heterocycles. The van der Waals surface area contributed by atoms with E-state index in [0.717, 1.165) is 36.7 Å². The van der Waals surface area contributed by atoms with E-state index in [1.165, 1.54) is 37.4 Å². The Kier molecular flexibility index (Phi) is 5.88. The maximum Gasteiger partial charge on any atom is 0.313 e. The second-order valence-corrected chi connectivity index (χ2v) is 6.29. The van der Waals surface area contributed by atoms with Gasteiger partial charge in [-0.1, -0.05) is 44.4 Å². The number of aryl methyl sites for hydroxylation is 1. The van der Waals surface area contributed by atoms with Crippen LogP contribution in [0.5, 0.6) is 0 Å². The number of aliphatic carboxylic acids is 1. The zero-order valence-corrected chi connectivity index (χ0v) is 12.9. The van der Waals surface area contributed by atoms with Crippen LogP contribution >= 0.6 is 11.8 Å². The third-order valence-corrected chi connectivity index (χ3v) is 4.65. The van der Waals surface area contributed by atoms with E-state index in [1.807, 2.05) is 0 Å². The van der Waals surface area contributed by atoms with Crippen molar-refractivity contribution in [2.24, 2.45) is 0 Å². The number of carboxylic acids is 1. The van der Waals surface area contributed by atoms with E-state index in [4.69, 9.17) is 5.11 Å². The molecule has 0 saturated heterocycles. The van der Waals surface area contributed by atoms with Gasteiger partial charge in [-0.3, -0.25) is 4.79 Å². The molecule has 0 atom stereocenters. The largest absolute Gasteiger partial charge is 0.481 e. The number of hydrogen-bond donors (Lipinski definition) is 1.